The van der Waals surface area contributed by atoms with Crippen molar-refractivity contribution in [1.29, 1.82) is 0 Å². The van der Waals surface area contributed by atoms with Crippen LogP contribution in [0.2, 0.25) is 5.28 Å². The SMILES string of the molecule is Nc1nc(Cl)nc2c1ncn2C1CC(CO)C1. The first kappa shape index (κ1) is 10.7. The van der Waals surface area contributed by atoms with Crippen molar-refractivity contribution in [3.8, 4) is 0 Å². The molecule has 1 saturated carbocycles. The normalized spacial score (nSPS) is 23.9. The van der Waals surface area contributed by atoms with Gasteiger partial charge in [0.05, 0.1) is 6.33 Å². The third-order valence-corrected chi connectivity index (χ3v) is 3.45. The molecule has 17 heavy (non-hydrogen) atoms. The lowest BCUT2D eigenvalue weighted by molar-refractivity contribution is 0.114. The van der Waals surface area contributed by atoms with E-state index in [1.807, 2.05) is 4.57 Å². The predicted molar refractivity (Wildman–Crippen MR) is 63.6 cm³/mol. The lowest BCUT2D eigenvalue weighted by Gasteiger charge is -2.34. The Kier molecular flexibility index (Phi) is 2.41. The molecule has 1 aliphatic rings. The zero-order valence-electron chi connectivity index (χ0n) is 9.04. The van der Waals surface area contributed by atoms with Gasteiger partial charge in [0.2, 0.25) is 5.28 Å². The molecule has 7 heteroatoms. The molecule has 90 valence electrons. The third kappa shape index (κ3) is 1.64. The molecule has 0 amide bonds. The van der Waals surface area contributed by atoms with Crippen LogP contribution in [0, 0.1) is 5.92 Å². The maximum atomic E-state index is 9.01. The summed E-state index contributed by atoms with van der Waals surface area (Å²) in [5.74, 6) is 0.684. The number of hydrogen-bond acceptors (Lipinski definition) is 5. The van der Waals surface area contributed by atoms with Gasteiger partial charge in [-0.25, -0.2) is 4.98 Å². The summed E-state index contributed by atoms with van der Waals surface area (Å²) in [6.45, 7) is 0.237. The molecule has 0 bridgehead atoms. The number of nitrogens with zero attached hydrogens (tertiary/aromatic N) is 4. The van der Waals surface area contributed by atoms with Crippen molar-refractivity contribution < 1.29 is 5.11 Å². The maximum Gasteiger partial charge on any atom is 0.226 e. The molecule has 0 radical (unpaired) electrons. The van der Waals surface area contributed by atoms with Crippen LogP contribution in [0.1, 0.15) is 18.9 Å². The quantitative estimate of drug-likeness (QED) is 0.780. The molecule has 0 saturated heterocycles. The lowest BCUT2D eigenvalue weighted by Crippen LogP contribution is -2.28. The molecule has 2 heterocycles. The summed E-state index contributed by atoms with van der Waals surface area (Å²) in [5, 5.41) is 9.15. The number of fused-ring (bicyclic) bond motifs is 1. The summed E-state index contributed by atoms with van der Waals surface area (Å²) >= 11 is 5.79. The lowest BCUT2D eigenvalue weighted by atomic mass is 9.81. The van der Waals surface area contributed by atoms with Gasteiger partial charge in [-0.15, -0.1) is 0 Å². The third-order valence-electron chi connectivity index (χ3n) is 3.28. The van der Waals surface area contributed by atoms with Gasteiger partial charge in [0, 0.05) is 12.6 Å². The van der Waals surface area contributed by atoms with Crippen molar-refractivity contribution in [3.63, 3.8) is 0 Å². The van der Waals surface area contributed by atoms with E-state index in [-0.39, 0.29) is 11.9 Å². The van der Waals surface area contributed by atoms with Gasteiger partial charge in [-0.05, 0) is 30.4 Å². The molecule has 1 aliphatic carbocycles. The molecule has 0 unspecified atom stereocenters. The fourth-order valence-electron chi connectivity index (χ4n) is 2.25. The summed E-state index contributed by atoms with van der Waals surface area (Å²) in [4.78, 5) is 12.2. The van der Waals surface area contributed by atoms with Crippen molar-refractivity contribution in [3.05, 3.63) is 11.6 Å². The van der Waals surface area contributed by atoms with E-state index in [9.17, 15) is 0 Å². The van der Waals surface area contributed by atoms with Crippen LogP contribution < -0.4 is 5.73 Å². The number of hydrogen-bond donors (Lipinski definition) is 2. The first-order valence-corrected chi connectivity index (χ1v) is 5.83. The number of aliphatic hydroxyl groups is 1. The summed E-state index contributed by atoms with van der Waals surface area (Å²) in [7, 11) is 0. The molecule has 0 aromatic carbocycles. The zero-order chi connectivity index (χ0) is 12.0. The Morgan fingerprint density at radius 1 is 1.47 bits per heavy atom. The molecular formula is C10H12ClN5O. The van der Waals surface area contributed by atoms with Crippen molar-refractivity contribution in [2.45, 2.75) is 18.9 Å². The van der Waals surface area contributed by atoms with Gasteiger partial charge in [0.25, 0.3) is 0 Å². The summed E-state index contributed by atoms with van der Waals surface area (Å²) in [6.07, 6.45) is 3.58. The standard InChI is InChI=1S/C10H12ClN5O/c11-10-14-8(12)7-9(15-10)16(4-13-7)6-1-5(2-6)3-17/h4-6,17H,1-3H2,(H2,12,14,15). The molecule has 0 aliphatic heterocycles. The van der Waals surface area contributed by atoms with E-state index >= 15 is 0 Å². The number of anilines is 1. The molecule has 6 nitrogen and oxygen atoms in total. The van der Waals surface area contributed by atoms with E-state index in [0.717, 1.165) is 12.8 Å². The Balaban J connectivity index is 2.01. The minimum absolute atomic E-state index is 0.134. The predicted octanol–water partition coefficient (Wildman–Crippen LogP) is 1.01. The van der Waals surface area contributed by atoms with E-state index in [2.05, 4.69) is 15.0 Å². The molecule has 0 spiro atoms. The fourth-order valence-corrected chi connectivity index (χ4v) is 2.43. The summed E-state index contributed by atoms with van der Waals surface area (Å²) in [6, 6.07) is 0.322. The number of halogens is 1. The average molecular weight is 254 g/mol. The number of nitrogens with two attached hydrogens (primary N) is 1. The first-order valence-electron chi connectivity index (χ1n) is 5.45. The van der Waals surface area contributed by atoms with Crippen LogP contribution in [0.4, 0.5) is 5.82 Å². The number of aromatic nitrogens is 4. The second-order valence-electron chi connectivity index (χ2n) is 4.38. The van der Waals surface area contributed by atoms with E-state index in [4.69, 9.17) is 22.4 Å². The Morgan fingerprint density at radius 3 is 2.94 bits per heavy atom. The van der Waals surface area contributed by atoms with Crippen LogP contribution in [0.5, 0.6) is 0 Å². The molecule has 0 atom stereocenters. The smallest absolute Gasteiger partial charge is 0.226 e. The minimum Gasteiger partial charge on any atom is -0.396 e. The second kappa shape index (κ2) is 3.82. The number of imidazole rings is 1. The van der Waals surface area contributed by atoms with E-state index in [1.165, 1.54) is 0 Å². The van der Waals surface area contributed by atoms with Crippen LogP contribution in [0.15, 0.2) is 6.33 Å². The summed E-state index contributed by atoms with van der Waals surface area (Å²) < 4.78 is 1.96. The Labute approximate surface area is 102 Å². The van der Waals surface area contributed by atoms with Crippen molar-refractivity contribution in [1.82, 2.24) is 19.5 Å². The highest BCUT2D eigenvalue weighted by molar-refractivity contribution is 6.28. The zero-order valence-corrected chi connectivity index (χ0v) is 9.80. The second-order valence-corrected chi connectivity index (χ2v) is 4.71. The minimum atomic E-state index is 0.134. The van der Waals surface area contributed by atoms with Crippen LogP contribution in [-0.4, -0.2) is 31.2 Å². The molecule has 2 aromatic rings. The van der Waals surface area contributed by atoms with Crippen LogP contribution in [0.3, 0.4) is 0 Å². The molecule has 1 fully saturated rings. The van der Waals surface area contributed by atoms with Crippen LogP contribution in [-0.2, 0) is 0 Å². The fraction of sp³-hybridized carbons (Fsp3) is 0.500. The molecule has 3 N–H and O–H groups in total. The average Bonchev–Trinajstić information content (AvgIpc) is 2.61. The highest BCUT2D eigenvalue weighted by atomic mass is 35.5. The van der Waals surface area contributed by atoms with Crippen molar-refractivity contribution in [2.24, 2.45) is 5.92 Å². The van der Waals surface area contributed by atoms with E-state index in [1.54, 1.807) is 6.33 Å². The Morgan fingerprint density at radius 2 is 2.24 bits per heavy atom. The first-order chi connectivity index (χ1) is 8.19. The summed E-state index contributed by atoms with van der Waals surface area (Å²) in [5.41, 5.74) is 6.99. The van der Waals surface area contributed by atoms with Gasteiger partial charge in [0.15, 0.2) is 11.5 Å². The van der Waals surface area contributed by atoms with E-state index < -0.39 is 0 Å². The van der Waals surface area contributed by atoms with Gasteiger partial charge < -0.3 is 15.4 Å². The number of nitrogen functional groups attached to an aromatic ring is 1. The molecular weight excluding hydrogens is 242 g/mol. The number of rotatable bonds is 2. The van der Waals surface area contributed by atoms with E-state index in [0.29, 0.717) is 28.9 Å². The van der Waals surface area contributed by atoms with Gasteiger partial charge >= 0.3 is 0 Å². The monoisotopic (exact) mass is 253 g/mol. The molecule has 2 aromatic heterocycles. The van der Waals surface area contributed by atoms with Gasteiger partial charge in [0.1, 0.15) is 5.52 Å². The van der Waals surface area contributed by atoms with Crippen molar-refractivity contribution >= 4 is 28.6 Å². The van der Waals surface area contributed by atoms with Gasteiger partial charge in [-0.3, -0.25) is 0 Å². The topological polar surface area (TPSA) is 89.9 Å². The maximum absolute atomic E-state index is 9.01. The number of aliphatic hydroxyl groups excluding tert-OH is 1. The van der Waals surface area contributed by atoms with Crippen LogP contribution in [0.25, 0.3) is 11.2 Å². The highest BCUT2D eigenvalue weighted by Gasteiger charge is 2.31. The van der Waals surface area contributed by atoms with Crippen molar-refractivity contribution in [2.75, 3.05) is 12.3 Å². The largest absolute Gasteiger partial charge is 0.396 e. The molecule has 3 rings (SSSR count). The highest BCUT2D eigenvalue weighted by Crippen LogP contribution is 2.39. The van der Waals surface area contributed by atoms with Gasteiger partial charge in [-0.2, -0.15) is 9.97 Å². The van der Waals surface area contributed by atoms with Gasteiger partial charge in [-0.1, -0.05) is 0 Å². The Bertz CT molecular complexity index is 563. The van der Waals surface area contributed by atoms with Crippen LogP contribution >= 0.6 is 11.6 Å². The Hall–Kier alpha value is -1.40.